The Morgan fingerprint density at radius 2 is 2.00 bits per heavy atom. The molecule has 8 heteroatoms. The van der Waals surface area contributed by atoms with Gasteiger partial charge < -0.3 is 4.74 Å². The summed E-state index contributed by atoms with van der Waals surface area (Å²) in [5.74, 6) is 0.787. The largest absolute Gasteiger partial charge is 0.383 e. The van der Waals surface area contributed by atoms with Crippen LogP contribution in [0.5, 0.6) is 0 Å². The maximum absolute atomic E-state index is 11.1. The molecule has 2 aromatic carbocycles. The van der Waals surface area contributed by atoms with E-state index in [-0.39, 0.29) is 15.9 Å². The van der Waals surface area contributed by atoms with Gasteiger partial charge in [-0.1, -0.05) is 47.7 Å². The average Bonchev–Trinajstić information content (AvgIpc) is 3.08. The van der Waals surface area contributed by atoms with Crippen molar-refractivity contribution in [2.24, 2.45) is 0 Å². The van der Waals surface area contributed by atoms with Crippen molar-refractivity contribution in [3.05, 3.63) is 69.8 Å². The van der Waals surface area contributed by atoms with Crippen LogP contribution in [0.25, 0.3) is 11.4 Å². The van der Waals surface area contributed by atoms with Gasteiger partial charge in [0.2, 0.25) is 0 Å². The third-order valence-corrected chi connectivity index (χ3v) is 5.48. The van der Waals surface area contributed by atoms with Gasteiger partial charge in [0.1, 0.15) is 0 Å². The van der Waals surface area contributed by atoms with Gasteiger partial charge in [0, 0.05) is 30.1 Å². The topological polar surface area (TPSA) is 83.1 Å². The van der Waals surface area contributed by atoms with Gasteiger partial charge in [-0.25, -0.2) is 0 Å². The number of nitro benzene ring substituents is 1. The number of nitro groups is 1. The van der Waals surface area contributed by atoms with Crippen molar-refractivity contribution in [3.8, 4) is 11.4 Å². The normalized spacial score (nSPS) is 12.1. The van der Waals surface area contributed by atoms with Crippen LogP contribution in [-0.2, 0) is 11.3 Å². The lowest BCUT2D eigenvalue weighted by Gasteiger charge is -2.14. The lowest BCUT2D eigenvalue weighted by atomic mass is 10.1. The first-order valence-electron chi connectivity index (χ1n) is 8.89. The Kier molecular flexibility index (Phi) is 6.43. The van der Waals surface area contributed by atoms with Gasteiger partial charge in [-0.2, -0.15) is 0 Å². The molecule has 0 saturated carbocycles. The van der Waals surface area contributed by atoms with Crippen LogP contribution < -0.4 is 0 Å². The lowest BCUT2D eigenvalue weighted by Crippen LogP contribution is -2.08. The molecule has 0 unspecified atom stereocenters. The highest BCUT2D eigenvalue weighted by Crippen LogP contribution is 2.36. The van der Waals surface area contributed by atoms with Crippen LogP contribution in [0.15, 0.2) is 53.7 Å². The quantitative estimate of drug-likeness (QED) is 0.312. The minimum Gasteiger partial charge on any atom is -0.383 e. The minimum absolute atomic E-state index is 0.0178. The third-order valence-electron chi connectivity index (χ3n) is 4.34. The first kappa shape index (κ1) is 20.0. The van der Waals surface area contributed by atoms with E-state index in [0.29, 0.717) is 13.2 Å². The third kappa shape index (κ3) is 4.58. The van der Waals surface area contributed by atoms with Crippen molar-refractivity contribution in [3.63, 3.8) is 0 Å². The van der Waals surface area contributed by atoms with E-state index in [2.05, 4.69) is 16.3 Å². The molecule has 0 amide bonds. The summed E-state index contributed by atoms with van der Waals surface area (Å²) in [7, 11) is 1.66. The standard InChI is InChI=1S/C20H22N4O3S/c1-14-6-4-8-17(12-14)19-21-22-20(23(19)10-11-27-3)28-15(2)16-7-5-9-18(13-16)24(25)26/h4-9,12-13,15H,10-11H2,1-3H3/t15-/m1/s1. The summed E-state index contributed by atoms with van der Waals surface area (Å²) >= 11 is 1.53. The van der Waals surface area contributed by atoms with Gasteiger partial charge in [-0.15, -0.1) is 10.2 Å². The molecule has 7 nitrogen and oxygen atoms in total. The minimum atomic E-state index is -0.377. The van der Waals surface area contributed by atoms with Gasteiger partial charge >= 0.3 is 0 Å². The summed E-state index contributed by atoms with van der Waals surface area (Å²) in [6.07, 6.45) is 0. The summed E-state index contributed by atoms with van der Waals surface area (Å²) in [6.45, 7) is 5.21. The molecule has 0 bridgehead atoms. The van der Waals surface area contributed by atoms with E-state index in [0.717, 1.165) is 27.7 Å². The molecule has 0 radical (unpaired) electrons. The zero-order valence-corrected chi connectivity index (χ0v) is 16.8. The number of methoxy groups -OCH3 is 1. The number of non-ortho nitro benzene ring substituents is 1. The average molecular weight is 398 g/mol. The van der Waals surface area contributed by atoms with Crippen LogP contribution in [0.3, 0.4) is 0 Å². The Balaban J connectivity index is 1.91. The maximum Gasteiger partial charge on any atom is 0.269 e. The van der Waals surface area contributed by atoms with E-state index in [1.807, 2.05) is 42.7 Å². The second-order valence-corrected chi connectivity index (χ2v) is 7.74. The zero-order valence-electron chi connectivity index (χ0n) is 16.0. The SMILES string of the molecule is COCCn1c(S[C@H](C)c2cccc([N+](=O)[O-])c2)nnc1-c1cccc(C)c1. The fourth-order valence-electron chi connectivity index (χ4n) is 2.88. The molecule has 3 aromatic rings. The Morgan fingerprint density at radius 3 is 2.71 bits per heavy atom. The number of thioether (sulfide) groups is 1. The van der Waals surface area contributed by atoms with Gasteiger partial charge in [-0.05, 0) is 25.5 Å². The number of aromatic nitrogens is 3. The molecule has 0 N–H and O–H groups in total. The van der Waals surface area contributed by atoms with Gasteiger partial charge in [0.25, 0.3) is 5.69 Å². The second kappa shape index (κ2) is 8.99. The van der Waals surface area contributed by atoms with Crippen molar-refractivity contribution < 1.29 is 9.66 Å². The molecule has 0 spiro atoms. The van der Waals surface area contributed by atoms with Crippen LogP contribution in [0.1, 0.15) is 23.3 Å². The Morgan fingerprint density at radius 1 is 1.21 bits per heavy atom. The van der Waals surface area contributed by atoms with E-state index in [4.69, 9.17) is 4.74 Å². The van der Waals surface area contributed by atoms with Crippen molar-refractivity contribution in [1.29, 1.82) is 0 Å². The highest BCUT2D eigenvalue weighted by atomic mass is 32.2. The second-order valence-electron chi connectivity index (χ2n) is 6.43. The number of ether oxygens (including phenoxy) is 1. The fourth-order valence-corrected chi connectivity index (χ4v) is 3.87. The Hall–Kier alpha value is -2.71. The molecule has 0 saturated heterocycles. The van der Waals surface area contributed by atoms with E-state index >= 15 is 0 Å². The van der Waals surface area contributed by atoms with Crippen LogP contribution in [0.4, 0.5) is 5.69 Å². The smallest absolute Gasteiger partial charge is 0.269 e. The molecule has 28 heavy (non-hydrogen) atoms. The maximum atomic E-state index is 11.1. The van der Waals surface area contributed by atoms with Gasteiger partial charge in [0.15, 0.2) is 11.0 Å². The summed E-state index contributed by atoms with van der Waals surface area (Å²) < 4.78 is 7.29. The highest BCUT2D eigenvalue weighted by Gasteiger charge is 2.19. The molecule has 0 aliphatic carbocycles. The Labute approximate surface area is 167 Å². The van der Waals surface area contributed by atoms with E-state index in [1.54, 1.807) is 19.2 Å². The number of nitrogens with zero attached hydrogens (tertiary/aromatic N) is 4. The highest BCUT2D eigenvalue weighted by molar-refractivity contribution is 7.99. The van der Waals surface area contributed by atoms with Crippen LogP contribution in [0, 0.1) is 17.0 Å². The zero-order chi connectivity index (χ0) is 20.1. The van der Waals surface area contributed by atoms with Crippen molar-refractivity contribution in [2.45, 2.75) is 30.8 Å². The number of hydrogen-bond acceptors (Lipinski definition) is 6. The van der Waals surface area contributed by atoms with Crippen LogP contribution in [-0.4, -0.2) is 33.4 Å². The molecule has 0 aliphatic heterocycles. The summed E-state index contributed by atoms with van der Waals surface area (Å²) in [6, 6.07) is 14.8. The number of hydrogen-bond donors (Lipinski definition) is 0. The molecule has 1 aromatic heterocycles. The summed E-state index contributed by atoms with van der Waals surface area (Å²) in [4.78, 5) is 10.7. The van der Waals surface area contributed by atoms with E-state index in [9.17, 15) is 10.1 Å². The number of rotatable bonds is 8. The predicted molar refractivity (Wildman–Crippen MR) is 109 cm³/mol. The van der Waals surface area contributed by atoms with E-state index < -0.39 is 0 Å². The Bertz CT molecular complexity index is 974. The molecular formula is C20H22N4O3S. The van der Waals surface area contributed by atoms with Crippen LogP contribution >= 0.6 is 11.8 Å². The van der Waals surface area contributed by atoms with Gasteiger partial charge in [0.05, 0.1) is 18.1 Å². The molecule has 3 rings (SSSR count). The first-order chi connectivity index (χ1) is 13.5. The van der Waals surface area contributed by atoms with Crippen molar-refractivity contribution >= 4 is 17.4 Å². The summed E-state index contributed by atoms with van der Waals surface area (Å²) in [5.41, 5.74) is 3.11. The molecule has 0 aliphatic rings. The first-order valence-corrected chi connectivity index (χ1v) is 9.77. The number of aryl methyl sites for hydroxylation is 1. The van der Waals surface area contributed by atoms with Crippen LogP contribution in [0.2, 0.25) is 0 Å². The van der Waals surface area contributed by atoms with Crippen molar-refractivity contribution in [2.75, 3.05) is 13.7 Å². The molecule has 1 heterocycles. The molecular weight excluding hydrogens is 376 g/mol. The molecule has 1 atom stereocenters. The summed E-state index contributed by atoms with van der Waals surface area (Å²) in [5, 5.41) is 20.6. The fraction of sp³-hybridized carbons (Fsp3) is 0.300. The number of benzene rings is 2. The molecule has 146 valence electrons. The van der Waals surface area contributed by atoms with E-state index in [1.165, 1.54) is 17.8 Å². The lowest BCUT2D eigenvalue weighted by molar-refractivity contribution is -0.384. The van der Waals surface area contributed by atoms with Gasteiger partial charge in [-0.3, -0.25) is 14.7 Å². The molecule has 0 fully saturated rings. The van der Waals surface area contributed by atoms with Crippen molar-refractivity contribution in [1.82, 2.24) is 14.8 Å². The predicted octanol–water partition coefficient (Wildman–Crippen LogP) is 4.66. The monoisotopic (exact) mass is 398 g/mol.